The van der Waals surface area contributed by atoms with Crippen LogP contribution in [0.3, 0.4) is 0 Å². The third-order valence-corrected chi connectivity index (χ3v) is 3.07. The Labute approximate surface area is 122 Å². The van der Waals surface area contributed by atoms with Crippen LogP contribution in [0.25, 0.3) is 0 Å². The highest BCUT2D eigenvalue weighted by atomic mass is 19.1. The van der Waals surface area contributed by atoms with Crippen molar-refractivity contribution in [1.82, 2.24) is 0 Å². The molecule has 4 nitrogen and oxygen atoms in total. The maximum absolute atomic E-state index is 13.7. The normalized spacial score (nSPS) is 12.0. The van der Waals surface area contributed by atoms with Crippen molar-refractivity contribution < 1.29 is 19.0 Å². The van der Waals surface area contributed by atoms with E-state index in [0.717, 1.165) is 5.56 Å². The van der Waals surface area contributed by atoms with Crippen molar-refractivity contribution in [3.05, 3.63) is 65.0 Å². The molecule has 2 aromatic rings. The number of halogens is 1. The SMILES string of the molecule is C[C@H](N)c1ccc(OCc2ccc(C(=O)O)cc2)cc1F. The summed E-state index contributed by atoms with van der Waals surface area (Å²) in [5.74, 6) is -0.973. The highest BCUT2D eigenvalue weighted by molar-refractivity contribution is 5.87. The van der Waals surface area contributed by atoms with Gasteiger partial charge in [-0.05, 0) is 30.7 Å². The molecule has 0 heterocycles. The first-order valence-electron chi connectivity index (χ1n) is 6.47. The van der Waals surface area contributed by atoms with Gasteiger partial charge in [-0.1, -0.05) is 18.2 Å². The first-order valence-corrected chi connectivity index (χ1v) is 6.47. The minimum absolute atomic E-state index is 0.214. The van der Waals surface area contributed by atoms with E-state index in [1.54, 1.807) is 31.2 Å². The van der Waals surface area contributed by atoms with Crippen molar-refractivity contribution in [2.45, 2.75) is 19.6 Å². The van der Waals surface area contributed by atoms with E-state index in [1.807, 2.05) is 0 Å². The van der Waals surface area contributed by atoms with Crippen molar-refractivity contribution in [3.8, 4) is 5.75 Å². The number of carboxylic acid groups (broad SMARTS) is 1. The van der Waals surface area contributed by atoms with Gasteiger partial charge in [-0.3, -0.25) is 0 Å². The van der Waals surface area contributed by atoms with Crippen molar-refractivity contribution in [3.63, 3.8) is 0 Å². The second-order valence-electron chi connectivity index (χ2n) is 4.76. The quantitative estimate of drug-likeness (QED) is 0.887. The molecule has 110 valence electrons. The fourth-order valence-corrected chi connectivity index (χ4v) is 1.88. The number of hydrogen-bond donors (Lipinski definition) is 2. The Bertz CT molecular complexity index is 638. The van der Waals surface area contributed by atoms with E-state index in [9.17, 15) is 9.18 Å². The molecule has 0 aliphatic heterocycles. The van der Waals surface area contributed by atoms with Crippen LogP contribution in [-0.2, 0) is 6.61 Å². The summed E-state index contributed by atoms with van der Waals surface area (Å²) in [5.41, 5.74) is 7.09. The lowest BCUT2D eigenvalue weighted by molar-refractivity contribution is 0.0697. The van der Waals surface area contributed by atoms with E-state index < -0.39 is 11.8 Å². The van der Waals surface area contributed by atoms with E-state index in [-0.39, 0.29) is 18.2 Å². The van der Waals surface area contributed by atoms with Gasteiger partial charge >= 0.3 is 5.97 Å². The summed E-state index contributed by atoms with van der Waals surface area (Å²) >= 11 is 0. The van der Waals surface area contributed by atoms with Crippen LogP contribution in [-0.4, -0.2) is 11.1 Å². The second kappa shape index (κ2) is 6.37. The van der Waals surface area contributed by atoms with Gasteiger partial charge < -0.3 is 15.6 Å². The van der Waals surface area contributed by atoms with Crippen LogP contribution in [0.1, 0.15) is 34.5 Å². The number of ether oxygens (including phenoxy) is 1. The van der Waals surface area contributed by atoms with Crippen LogP contribution in [0.2, 0.25) is 0 Å². The summed E-state index contributed by atoms with van der Waals surface area (Å²) in [6.07, 6.45) is 0. The van der Waals surface area contributed by atoms with Gasteiger partial charge in [0, 0.05) is 17.7 Å². The molecule has 0 fully saturated rings. The maximum Gasteiger partial charge on any atom is 0.335 e. The number of carboxylic acids is 1. The summed E-state index contributed by atoms with van der Waals surface area (Å²) in [5, 5.41) is 8.80. The van der Waals surface area contributed by atoms with Crippen LogP contribution >= 0.6 is 0 Å². The van der Waals surface area contributed by atoms with Gasteiger partial charge in [0.15, 0.2) is 0 Å². The zero-order chi connectivity index (χ0) is 15.4. The Hall–Kier alpha value is -2.40. The first-order chi connectivity index (χ1) is 9.97. The molecule has 0 aliphatic rings. The molecule has 0 aromatic heterocycles. The lowest BCUT2D eigenvalue weighted by Gasteiger charge is -2.10. The van der Waals surface area contributed by atoms with E-state index in [0.29, 0.717) is 11.3 Å². The average molecular weight is 289 g/mol. The van der Waals surface area contributed by atoms with E-state index >= 15 is 0 Å². The summed E-state index contributed by atoms with van der Waals surface area (Å²) in [7, 11) is 0. The molecule has 2 rings (SSSR count). The molecule has 0 aliphatic carbocycles. The van der Waals surface area contributed by atoms with Crippen LogP contribution in [0.15, 0.2) is 42.5 Å². The van der Waals surface area contributed by atoms with Crippen LogP contribution < -0.4 is 10.5 Å². The van der Waals surface area contributed by atoms with Gasteiger partial charge in [-0.25, -0.2) is 9.18 Å². The number of nitrogens with two attached hydrogens (primary N) is 1. The van der Waals surface area contributed by atoms with E-state index in [1.165, 1.54) is 18.2 Å². The predicted octanol–water partition coefficient (Wildman–Crippen LogP) is 3.12. The third kappa shape index (κ3) is 3.79. The monoisotopic (exact) mass is 289 g/mol. The molecule has 0 bridgehead atoms. The predicted molar refractivity (Wildman–Crippen MR) is 76.7 cm³/mol. The molecule has 0 amide bonds. The Morgan fingerprint density at radius 2 is 1.95 bits per heavy atom. The second-order valence-corrected chi connectivity index (χ2v) is 4.76. The minimum Gasteiger partial charge on any atom is -0.489 e. The fraction of sp³-hybridized carbons (Fsp3) is 0.188. The van der Waals surface area contributed by atoms with Crippen LogP contribution in [0, 0.1) is 5.82 Å². The molecule has 21 heavy (non-hydrogen) atoms. The Kier molecular flexibility index (Phi) is 4.55. The Morgan fingerprint density at radius 3 is 2.48 bits per heavy atom. The van der Waals surface area contributed by atoms with Crippen LogP contribution in [0.5, 0.6) is 5.75 Å². The van der Waals surface area contributed by atoms with E-state index in [2.05, 4.69) is 0 Å². The molecule has 1 atom stereocenters. The highest BCUT2D eigenvalue weighted by Gasteiger charge is 2.08. The number of aromatic carboxylic acids is 1. The largest absolute Gasteiger partial charge is 0.489 e. The van der Waals surface area contributed by atoms with Crippen LogP contribution in [0.4, 0.5) is 4.39 Å². The smallest absolute Gasteiger partial charge is 0.335 e. The molecular weight excluding hydrogens is 273 g/mol. The molecule has 0 unspecified atom stereocenters. The van der Waals surface area contributed by atoms with Gasteiger partial charge in [0.1, 0.15) is 18.2 Å². The number of rotatable bonds is 5. The molecule has 2 aromatic carbocycles. The molecule has 0 radical (unpaired) electrons. The standard InChI is InChI=1S/C16H16FNO3/c1-10(18)14-7-6-13(8-15(14)17)21-9-11-2-4-12(5-3-11)16(19)20/h2-8,10H,9,18H2,1H3,(H,19,20)/t10-/m0/s1. The van der Waals surface area contributed by atoms with Gasteiger partial charge in [-0.15, -0.1) is 0 Å². The van der Waals surface area contributed by atoms with Gasteiger partial charge in [0.05, 0.1) is 5.56 Å². The molecule has 0 saturated carbocycles. The Morgan fingerprint density at radius 1 is 1.29 bits per heavy atom. The molecule has 5 heteroatoms. The highest BCUT2D eigenvalue weighted by Crippen LogP contribution is 2.21. The molecular formula is C16H16FNO3. The lowest BCUT2D eigenvalue weighted by Crippen LogP contribution is -2.07. The fourth-order valence-electron chi connectivity index (χ4n) is 1.88. The minimum atomic E-state index is -0.976. The number of benzene rings is 2. The topological polar surface area (TPSA) is 72.5 Å². The summed E-state index contributed by atoms with van der Waals surface area (Å²) < 4.78 is 19.2. The van der Waals surface area contributed by atoms with Crippen molar-refractivity contribution in [1.29, 1.82) is 0 Å². The summed E-state index contributed by atoms with van der Waals surface area (Å²) in [6, 6.07) is 10.5. The first kappa shape index (κ1) is 15.0. The van der Waals surface area contributed by atoms with Gasteiger partial charge in [0.2, 0.25) is 0 Å². The summed E-state index contributed by atoms with van der Waals surface area (Å²) in [6.45, 7) is 1.94. The maximum atomic E-state index is 13.7. The summed E-state index contributed by atoms with van der Waals surface area (Å²) in [4.78, 5) is 10.7. The van der Waals surface area contributed by atoms with Crippen molar-refractivity contribution in [2.24, 2.45) is 5.73 Å². The zero-order valence-corrected chi connectivity index (χ0v) is 11.5. The van der Waals surface area contributed by atoms with Gasteiger partial charge in [-0.2, -0.15) is 0 Å². The Balaban J connectivity index is 2.02. The zero-order valence-electron chi connectivity index (χ0n) is 11.5. The lowest BCUT2D eigenvalue weighted by atomic mass is 10.1. The molecule has 0 spiro atoms. The molecule has 3 N–H and O–H groups in total. The van der Waals surface area contributed by atoms with E-state index in [4.69, 9.17) is 15.6 Å². The van der Waals surface area contributed by atoms with Gasteiger partial charge in [0.25, 0.3) is 0 Å². The van der Waals surface area contributed by atoms with Crippen molar-refractivity contribution in [2.75, 3.05) is 0 Å². The third-order valence-electron chi connectivity index (χ3n) is 3.07. The number of carbonyl (C=O) groups is 1. The molecule has 0 saturated heterocycles. The average Bonchev–Trinajstić information content (AvgIpc) is 2.45. The van der Waals surface area contributed by atoms with Crippen molar-refractivity contribution >= 4 is 5.97 Å². The number of hydrogen-bond acceptors (Lipinski definition) is 3.